The van der Waals surface area contributed by atoms with Crippen LogP contribution < -0.4 is 9.80 Å². The van der Waals surface area contributed by atoms with Crippen LogP contribution in [-0.4, -0.2) is 0 Å². The first kappa shape index (κ1) is 77.5. The Kier molecular flexibility index (Phi) is 17.4. The van der Waals surface area contributed by atoms with E-state index in [9.17, 15) is 0 Å². The molecule has 0 saturated carbocycles. The summed E-state index contributed by atoms with van der Waals surface area (Å²) in [5.41, 5.74) is 46.8. The SMILES string of the molecule is CC1(C)c2ccccc2-c2ccc(-c3cc(-c4ccc(N(c5cccc6c5oc5ccccc56)c5cccc6c5oc5ccccc56)cc4)cc(-c4ccc5c(c4)C(C)(C)c4ccccc4-5)c3)cc21.CC1(C)c2ccccc2-c2ccc(-c3cc(-c4ccc(N(c5ccccc5)c5cccc6c5oc5ccccc56)cc4)cc(-c4ccc5c(c4)C(C)(C)c4ccccc4-5)c3)cc21. The zero-order valence-electron chi connectivity index (χ0n) is 74.4. The second-order valence-corrected chi connectivity index (χ2v) is 38.2. The number of anilines is 6. The third-order valence-electron chi connectivity index (χ3n) is 29.3. The van der Waals surface area contributed by atoms with E-state index in [0.29, 0.717) is 0 Å². The number of hydrogen-bond donors (Lipinski definition) is 0. The molecule has 0 radical (unpaired) electrons. The van der Waals surface area contributed by atoms with Crippen LogP contribution in [0.1, 0.15) is 99.9 Å². The van der Waals surface area contributed by atoms with E-state index in [-0.39, 0.29) is 21.7 Å². The zero-order valence-corrected chi connectivity index (χ0v) is 74.4. The molecule has 26 rings (SSSR count). The second kappa shape index (κ2) is 29.4. The number of hydrogen-bond acceptors (Lipinski definition) is 5. The first-order chi connectivity index (χ1) is 63.9. The first-order valence-corrected chi connectivity index (χ1v) is 45.8. The summed E-state index contributed by atoms with van der Waals surface area (Å²) in [5, 5.41) is 6.56. The van der Waals surface area contributed by atoms with Gasteiger partial charge in [0, 0.05) is 71.0 Å². The highest BCUT2D eigenvalue weighted by atomic mass is 16.3. The molecule has 0 spiro atoms. The molecule has 4 aliphatic rings. The van der Waals surface area contributed by atoms with Gasteiger partial charge in [-0.2, -0.15) is 0 Å². The van der Waals surface area contributed by atoms with Crippen LogP contribution in [0, 0.1) is 0 Å². The fraction of sp³-hybridized carbons (Fsp3) is 0.0952. The number of fused-ring (bicyclic) bond motifs is 21. The van der Waals surface area contributed by atoms with Crippen LogP contribution in [0.5, 0.6) is 0 Å². The quantitative estimate of drug-likeness (QED) is 0.122. The van der Waals surface area contributed by atoms with Gasteiger partial charge in [0.2, 0.25) is 0 Å². The highest BCUT2D eigenvalue weighted by Crippen LogP contribution is 2.57. The van der Waals surface area contributed by atoms with Crippen molar-refractivity contribution < 1.29 is 13.3 Å². The van der Waals surface area contributed by atoms with Crippen molar-refractivity contribution in [1.82, 2.24) is 0 Å². The lowest BCUT2D eigenvalue weighted by atomic mass is 9.81. The Balaban J connectivity index is 0.000000142. The summed E-state index contributed by atoms with van der Waals surface area (Å²) in [7, 11) is 0. The van der Waals surface area contributed by atoms with Crippen molar-refractivity contribution in [2.75, 3.05) is 9.80 Å². The zero-order chi connectivity index (χ0) is 87.9. The Labute approximate surface area is 763 Å². The lowest BCUT2D eigenvalue weighted by Gasteiger charge is -2.26. The Hall–Kier alpha value is -15.8. The highest BCUT2D eigenvalue weighted by molar-refractivity contribution is 6.15. The van der Waals surface area contributed by atoms with Gasteiger partial charge < -0.3 is 23.1 Å². The average molecular weight is 1680 g/mol. The third-order valence-corrected chi connectivity index (χ3v) is 29.3. The van der Waals surface area contributed by atoms with E-state index in [1.807, 2.05) is 36.4 Å². The van der Waals surface area contributed by atoms with Crippen LogP contribution in [0.3, 0.4) is 0 Å². The molecule has 0 fully saturated rings. The van der Waals surface area contributed by atoms with Gasteiger partial charge in [-0.25, -0.2) is 0 Å². The molecule has 3 aromatic heterocycles. The minimum absolute atomic E-state index is 0.0872. The summed E-state index contributed by atoms with van der Waals surface area (Å²) in [6, 6.07) is 151. The van der Waals surface area contributed by atoms with Gasteiger partial charge in [-0.15, -0.1) is 0 Å². The lowest BCUT2D eigenvalue weighted by molar-refractivity contribution is 0.660. The van der Waals surface area contributed by atoms with Crippen LogP contribution >= 0.6 is 0 Å². The molecule has 131 heavy (non-hydrogen) atoms. The average Bonchev–Trinajstić information content (AvgIpc) is 1.56. The summed E-state index contributed by atoms with van der Waals surface area (Å²) >= 11 is 0. The fourth-order valence-electron chi connectivity index (χ4n) is 22.5. The van der Waals surface area contributed by atoms with E-state index in [1.54, 1.807) is 0 Å². The van der Waals surface area contributed by atoms with Crippen molar-refractivity contribution >= 4 is 99.9 Å². The molecule has 0 aliphatic heterocycles. The molecule has 624 valence electrons. The Morgan fingerprint density at radius 2 is 0.389 bits per heavy atom. The maximum absolute atomic E-state index is 6.73. The van der Waals surface area contributed by atoms with Crippen LogP contribution in [0.25, 0.3) is 177 Å². The maximum Gasteiger partial charge on any atom is 0.159 e. The van der Waals surface area contributed by atoms with E-state index in [2.05, 4.69) is 441 Å². The number of furan rings is 3. The highest BCUT2D eigenvalue weighted by Gasteiger charge is 2.40. The van der Waals surface area contributed by atoms with Crippen molar-refractivity contribution in [2.24, 2.45) is 0 Å². The standard InChI is InChI=1S/C66H47NO2.C60H45NO/c1-65(2)55-21-9-5-15-47(55)49-33-29-41(38-57(49)65)44-35-43(36-45(37-44)42-30-34-50-48-16-6-10-22-56(48)66(3,4)58(50)39-42)40-27-31-46(32-28-40)67(59-23-13-19-53-51-17-7-11-25-61(51)68-63(53)59)60-24-14-20-54-52-18-8-12-26-62(52)69-64(54)60;1-59(2)52-21-11-8-17-46(52)48-31-27-39(36-54(48)59)42-33-41(34-43(35-42)40-28-32-49-47-18-9-12-22-53(47)60(3,4)55(49)37-40)38-25-29-45(30-26-38)61(44-15-6-5-7-16-44)56-23-14-20-51-50-19-10-13-24-57(50)62-58(51)56/h5-39H,1-4H3;5-37H,1-4H3. The molecule has 19 aromatic carbocycles. The van der Waals surface area contributed by atoms with Crippen molar-refractivity contribution in [2.45, 2.75) is 77.0 Å². The first-order valence-electron chi connectivity index (χ1n) is 45.8. The number of para-hydroxylation sites is 7. The van der Waals surface area contributed by atoms with E-state index in [4.69, 9.17) is 13.3 Å². The molecule has 0 bridgehead atoms. The molecule has 5 nitrogen and oxygen atoms in total. The molecule has 3 heterocycles. The maximum atomic E-state index is 6.73. The van der Waals surface area contributed by atoms with Gasteiger partial charge in [0.15, 0.2) is 16.7 Å². The van der Waals surface area contributed by atoms with Crippen LogP contribution in [0.15, 0.2) is 426 Å². The number of benzene rings is 19. The largest absolute Gasteiger partial charge is 0.454 e. The van der Waals surface area contributed by atoms with Gasteiger partial charge in [0.25, 0.3) is 0 Å². The van der Waals surface area contributed by atoms with E-state index in [0.717, 1.165) is 117 Å². The third kappa shape index (κ3) is 12.2. The van der Waals surface area contributed by atoms with E-state index in [1.165, 1.54) is 139 Å². The fourth-order valence-corrected chi connectivity index (χ4v) is 22.5. The summed E-state index contributed by atoms with van der Waals surface area (Å²) in [5.74, 6) is 0. The molecular formula is C126H92N2O3. The number of rotatable bonds is 12. The molecular weight excluding hydrogens is 1590 g/mol. The van der Waals surface area contributed by atoms with Gasteiger partial charge >= 0.3 is 0 Å². The molecule has 22 aromatic rings. The van der Waals surface area contributed by atoms with Crippen LogP contribution in [-0.2, 0) is 21.7 Å². The normalized spacial score (nSPS) is 14.0. The van der Waals surface area contributed by atoms with E-state index < -0.39 is 0 Å². The summed E-state index contributed by atoms with van der Waals surface area (Å²) in [4.78, 5) is 4.61. The molecule has 5 heteroatoms. The smallest absolute Gasteiger partial charge is 0.159 e. The Morgan fingerprint density at radius 3 is 0.702 bits per heavy atom. The lowest BCUT2D eigenvalue weighted by Crippen LogP contribution is -2.15. The molecule has 0 N–H and O–H groups in total. The van der Waals surface area contributed by atoms with Crippen molar-refractivity contribution in [1.29, 1.82) is 0 Å². The van der Waals surface area contributed by atoms with Gasteiger partial charge in [-0.3, -0.25) is 0 Å². The van der Waals surface area contributed by atoms with Crippen molar-refractivity contribution in [3.8, 4) is 111 Å². The van der Waals surface area contributed by atoms with Crippen LogP contribution in [0.4, 0.5) is 34.1 Å². The van der Waals surface area contributed by atoms with E-state index >= 15 is 0 Å². The van der Waals surface area contributed by atoms with Crippen LogP contribution in [0.2, 0.25) is 0 Å². The van der Waals surface area contributed by atoms with Gasteiger partial charge in [-0.05, 0) is 289 Å². The topological polar surface area (TPSA) is 45.9 Å². The molecule has 0 amide bonds. The second-order valence-electron chi connectivity index (χ2n) is 38.2. The summed E-state index contributed by atoms with van der Waals surface area (Å²) in [6.07, 6.45) is 0. The predicted octanol–water partition coefficient (Wildman–Crippen LogP) is 35.2. The minimum atomic E-state index is -0.107. The van der Waals surface area contributed by atoms with Gasteiger partial charge in [0.1, 0.15) is 16.7 Å². The minimum Gasteiger partial charge on any atom is -0.454 e. The summed E-state index contributed by atoms with van der Waals surface area (Å²) < 4.78 is 20.0. The summed E-state index contributed by atoms with van der Waals surface area (Å²) in [6.45, 7) is 18.9. The van der Waals surface area contributed by atoms with Gasteiger partial charge in [0.05, 0.1) is 17.1 Å². The molecule has 0 unspecified atom stereocenters. The predicted molar refractivity (Wildman–Crippen MR) is 547 cm³/mol. The van der Waals surface area contributed by atoms with Gasteiger partial charge in [-0.1, -0.05) is 334 Å². The molecule has 0 saturated heterocycles. The van der Waals surface area contributed by atoms with Crippen molar-refractivity contribution in [3.05, 3.63) is 457 Å². The number of nitrogens with zero attached hydrogens (tertiary/aromatic N) is 2. The Morgan fingerprint density at radius 1 is 0.160 bits per heavy atom. The molecule has 4 aliphatic carbocycles. The Bertz CT molecular complexity index is 8110. The monoisotopic (exact) mass is 1680 g/mol. The molecule has 0 atom stereocenters. The van der Waals surface area contributed by atoms with Crippen molar-refractivity contribution in [3.63, 3.8) is 0 Å².